The van der Waals surface area contributed by atoms with E-state index in [2.05, 4.69) is 60.8 Å². The molecule has 0 amide bonds. The standard InChI is InChI=1S/C23H29N/c1-15-10-12-18(19-7-3-2-6-17(15)19)16-11-13-21-20-8-4-5-9-22(20)24-23(21)14-16/h2,4-6,8-9,12,14-15,17,19-24H,3,7,10-11,13H2,1H3/t15?,17-,19?,20?,21?,22?,23+/m1/s1. The molecule has 5 unspecified atom stereocenters. The molecule has 5 rings (SSSR count). The third-order valence-electron chi connectivity index (χ3n) is 7.25. The van der Waals surface area contributed by atoms with Gasteiger partial charge in [0.15, 0.2) is 0 Å². The molecule has 0 radical (unpaired) electrons. The highest BCUT2D eigenvalue weighted by molar-refractivity contribution is 5.40. The van der Waals surface area contributed by atoms with Gasteiger partial charge >= 0.3 is 0 Å². The Balaban J connectivity index is 1.43. The summed E-state index contributed by atoms with van der Waals surface area (Å²) >= 11 is 0. The molecule has 1 heterocycles. The quantitative estimate of drug-likeness (QED) is 0.674. The van der Waals surface area contributed by atoms with Crippen molar-refractivity contribution in [1.82, 2.24) is 5.32 Å². The summed E-state index contributed by atoms with van der Waals surface area (Å²) in [6.45, 7) is 2.44. The van der Waals surface area contributed by atoms with Gasteiger partial charge < -0.3 is 5.32 Å². The highest BCUT2D eigenvalue weighted by Crippen LogP contribution is 2.47. The Morgan fingerprint density at radius 2 is 1.92 bits per heavy atom. The predicted octanol–water partition coefficient (Wildman–Crippen LogP) is 4.95. The molecule has 0 aromatic carbocycles. The zero-order valence-electron chi connectivity index (χ0n) is 14.7. The highest BCUT2D eigenvalue weighted by atomic mass is 15.0. The van der Waals surface area contributed by atoms with Gasteiger partial charge in [0.2, 0.25) is 0 Å². The molecular weight excluding hydrogens is 290 g/mol. The fourth-order valence-corrected chi connectivity index (χ4v) is 5.99. The van der Waals surface area contributed by atoms with Crippen LogP contribution >= 0.6 is 0 Å². The average molecular weight is 319 g/mol. The van der Waals surface area contributed by atoms with Gasteiger partial charge in [-0.25, -0.2) is 0 Å². The van der Waals surface area contributed by atoms with E-state index in [9.17, 15) is 0 Å². The van der Waals surface area contributed by atoms with Crippen molar-refractivity contribution in [3.8, 4) is 0 Å². The lowest BCUT2D eigenvalue weighted by Gasteiger charge is -2.40. The SMILES string of the molecule is CC1CC=C(C2=C[C@@H]3NC4C=CC=CC4C3CC2)C2CCC=C[C@H]12. The molecule has 0 spiro atoms. The van der Waals surface area contributed by atoms with Crippen molar-refractivity contribution >= 4 is 0 Å². The molecule has 126 valence electrons. The molecule has 1 saturated heterocycles. The fraction of sp³-hybridized carbons (Fsp3) is 0.565. The first-order valence-corrected chi connectivity index (χ1v) is 10.00. The third-order valence-corrected chi connectivity index (χ3v) is 7.25. The third kappa shape index (κ3) is 2.32. The summed E-state index contributed by atoms with van der Waals surface area (Å²) in [6, 6.07) is 1.14. The van der Waals surface area contributed by atoms with Crippen LogP contribution in [0, 0.1) is 29.6 Å². The number of allylic oxidation sites excluding steroid dienone is 7. The van der Waals surface area contributed by atoms with E-state index in [-0.39, 0.29) is 0 Å². The molecule has 1 N–H and O–H groups in total. The van der Waals surface area contributed by atoms with Crippen LogP contribution in [0.4, 0.5) is 0 Å². The monoisotopic (exact) mass is 319 g/mol. The Morgan fingerprint density at radius 1 is 1.00 bits per heavy atom. The lowest BCUT2D eigenvalue weighted by atomic mass is 9.65. The predicted molar refractivity (Wildman–Crippen MR) is 101 cm³/mol. The zero-order chi connectivity index (χ0) is 16.1. The number of nitrogens with one attached hydrogen (secondary N) is 1. The summed E-state index contributed by atoms with van der Waals surface area (Å²) in [5.74, 6) is 3.89. The molecule has 24 heavy (non-hydrogen) atoms. The topological polar surface area (TPSA) is 12.0 Å². The number of fused-ring (bicyclic) bond motifs is 4. The minimum Gasteiger partial charge on any atom is -0.303 e. The van der Waals surface area contributed by atoms with Gasteiger partial charge in [0, 0.05) is 18.0 Å². The Labute approximate surface area is 146 Å². The molecule has 0 saturated carbocycles. The van der Waals surface area contributed by atoms with Crippen LogP contribution in [0.3, 0.4) is 0 Å². The number of rotatable bonds is 1. The van der Waals surface area contributed by atoms with E-state index in [1.54, 1.807) is 11.1 Å². The zero-order valence-corrected chi connectivity index (χ0v) is 14.7. The number of hydrogen-bond donors (Lipinski definition) is 1. The molecule has 4 aliphatic carbocycles. The minimum absolute atomic E-state index is 0.561. The van der Waals surface area contributed by atoms with Crippen molar-refractivity contribution in [2.45, 2.75) is 51.1 Å². The molecule has 1 fully saturated rings. The molecule has 5 aliphatic rings. The molecular formula is C23H29N. The molecule has 1 aliphatic heterocycles. The van der Waals surface area contributed by atoms with Gasteiger partial charge in [0.25, 0.3) is 0 Å². The Hall–Kier alpha value is -1.34. The first kappa shape index (κ1) is 15.0. The largest absolute Gasteiger partial charge is 0.303 e. The second kappa shape index (κ2) is 5.88. The first-order valence-electron chi connectivity index (χ1n) is 10.00. The van der Waals surface area contributed by atoms with E-state index in [1.807, 2.05) is 0 Å². The van der Waals surface area contributed by atoms with Crippen LogP contribution in [-0.2, 0) is 0 Å². The van der Waals surface area contributed by atoms with Gasteiger partial charge in [-0.3, -0.25) is 0 Å². The lowest BCUT2D eigenvalue weighted by Crippen LogP contribution is -2.33. The van der Waals surface area contributed by atoms with Crippen molar-refractivity contribution in [1.29, 1.82) is 0 Å². The van der Waals surface area contributed by atoms with Crippen LogP contribution in [0.15, 0.2) is 59.8 Å². The molecule has 1 nitrogen and oxygen atoms in total. The van der Waals surface area contributed by atoms with Crippen molar-refractivity contribution in [3.05, 3.63) is 59.8 Å². The van der Waals surface area contributed by atoms with E-state index in [1.165, 1.54) is 32.1 Å². The maximum Gasteiger partial charge on any atom is 0.0325 e. The Morgan fingerprint density at radius 3 is 2.88 bits per heavy atom. The maximum atomic E-state index is 3.89. The van der Waals surface area contributed by atoms with Crippen LogP contribution < -0.4 is 5.32 Å². The van der Waals surface area contributed by atoms with E-state index < -0.39 is 0 Å². The molecule has 7 atom stereocenters. The highest BCUT2D eigenvalue weighted by Gasteiger charge is 2.43. The van der Waals surface area contributed by atoms with Gasteiger partial charge in [0.05, 0.1) is 0 Å². The molecule has 0 bridgehead atoms. The van der Waals surface area contributed by atoms with Crippen molar-refractivity contribution in [2.24, 2.45) is 29.6 Å². The minimum atomic E-state index is 0.561. The van der Waals surface area contributed by atoms with E-state index in [0.717, 1.165) is 23.7 Å². The van der Waals surface area contributed by atoms with Crippen LogP contribution in [0.1, 0.15) is 39.0 Å². The van der Waals surface area contributed by atoms with E-state index in [4.69, 9.17) is 0 Å². The van der Waals surface area contributed by atoms with Gasteiger partial charge in [-0.05, 0) is 66.9 Å². The molecule has 0 aromatic rings. The summed E-state index contributed by atoms with van der Waals surface area (Å²) < 4.78 is 0. The van der Waals surface area contributed by atoms with Gasteiger partial charge in [-0.15, -0.1) is 0 Å². The van der Waals surface area contributed by atoms with E-state index >= 15 is 0 Å². The van der Waals surface area contributed by atoms with Crippen LogP contribution in [0.25, 0.3) is 0 Å². The van der Waals surface area contributed by atoms with Crippen molar-refractivity contribution in [3.63, 3.8) is 0 Å². The summed E-state index contributed by atoms with van der Waals surface area (Å²) in [7, 11) is 0. The summed E-state index contributed by atoms with van der Waals surface area (Å²) in [4.78, 5) is 0. The Kier molecular flexibility index (Phi) is 3.66. The smallest absolute Gasteiger partial charge is 0.0325 e. The number of hydrogen-bond acceptors (Lipinski definition) is 1. The van der Waals surface area contributed by atoms with Gasteiger partial charge in [0.1, 0.15) is 0 Å². The fourth-order valence-electron chi connectivity index (χ4n) is 5.99. The van der Waals surface area contributed by atoms with Gasteiger partial charge in [-0.1, -0.05) is 55.5 Å². The van der Waals surface area contributed by atoms with Crippen LogP contribution in [-0.4, -0.2) is 12.1 Å². The Bertz CT molecular complexity index is 662. The molecule has 0 aromatic heterocycles. The first-order chi connectivity index (χ1) is 11.8. The van der Waals surface area contributed by atoms with E-state index in [0.29, 0.717) is 18.0 Å². The lowest BCUT2D eigenvalue weighted by molar-refractivity contribution is 0.286. The summed E-state index contributed by atoms with van der Waals surface area (Å²) in [5.41, 5.74) is 3.39. The average Bonchev–Trinajstić information content (AvgIpc) is 3.00. The normalized spacial score (nSPS) is 46.0. The summed E-state index contributed by atoms with van der Waals surface area (Å²) in [6.07, 6.45) is 25.9. The second-order valence-electron chi connectivity index (χ2n) is 8.52. The summed E-state index contributed by atoms with van der Waals surface area (Å²) in [5, 5.41) is 3.89. The van der Waals surface area contributed by atoms with Gasteiger partial charge in [-0.2, -0.15) is 0 Å². The second-order valence-corrected chi connectivity index (χ2v) is 8.52. The van der Waals surface area contributed by atoms with Crippen LogP contribution in [0.5, 0.6) is 0 Å². The van der Waals surface area contributed by atoms with Crippen molar-refractivity contribution < 1.29 is 0 Å². The van der Waals surface area contributed by atoms with Crippen molar-refractivity contribution in [2.75, 3.05) is 0 Å². The molecule has 1 heteroatoms. The van der Waals surface area contributed by atoms with Crippen LogP contribution in [0.2, 0.25) is 0 Å². The maximum absolute atomic E-state index is 3.89.